The summed E-state index contributed by atoms with van der Waals surface area (Å²) in [6.45, 7) is 17.0. The topological polar surface area (TPSA) is 60.5 Å². The molecule has 1 aromatic carbocycles. The van der Waals surface area contributed by atoms with E-state index in [0.29, 0.717) is 19.8 Å². The largest absolute Gasteiger partial charge is 0.497 e. The van der Waals surface area contributed by atoms with E-state index in [2.05, 4.69) is 47.7 Å². The highest BCUT2D eigenvalue weighted by atomic mass is 28.4. The summed E-state index contributed by atoms with van der Waals surface area (Å²) in [6, 6.07) is 7.86. The maximum atomic E-state index is 10.8. The van der Waals surface area contributed by atoms with Crippen LogP contribution in [0.15, 0.2) is 24.3 Å². The maximum Gasteiger partial charge on any atom is 0.191 e. The molecule has 1 aliphatic rings. The first-order valence-corrected chi connectivity index (χ1v) is 13.5. The number of methoxy groups -OCH3 is 1. The van der Waals surface area contributed by atoms with Crippen LogP contribution >= 0.6 is 0 Å². The second kappa shape index (κ2) is 9.92. The summed E-state index contributed by atoms with van der Waals surface area (Å²) in [5, 5.41) is 10.9. The van der Waals surface area contributed by atoms with Gasteiger partial charge in [0.25, 0.3) is 0 Å². The average Bonchev–Trinajstić information content (AvgIpc) is 3.44. The van der Waals surface area contributed by atoms with Crippen LogP contribution in [0.1, 0.15) is 40.2 Å². The molecule has 1 heterocycles. The number of aliphatic hydroxyl groups is 1. The minimum atomic E-state index is -1.80. The summed E-state index contributed by atoms with van der Waals surface area (Å²) in [7, 11) is -0.141. The molecule has 0 unspecified atom stereocenters. The summed E-state index contributed by atoms with van der Waals surface area (Å²) in [5.41, 5.74) is 1.10. The summed E-state index contributed by atoms with van der Waals surface area (Å²) in [4.78, 5) is 0. The average molecular weight is 425 g/mol. The van der Waals surface area contributed by atoms with Gasteiger partial charge in [-0.2, -0.15) is 0 Å². The number of benzene rings is 1. The van der Waals surface area contributed by atoms with Crippen molar-refractivity contribution in [2.75, 3.05) is 20.3 Å². The number of ether oxygens (including phenoxy) is 3. The van der Waals surface area contributed by atoms with Crippen molar-refractivity contribution in [2.24, 2.45) is 11.8 Å². The lowest BCUT2D eigenvalue weighted by Gasteiger charge is -2.37. The minimum Gasteiger partial charge on any atom is -0.497 e. The molecule has 5 nitrogen and oxygen atoms in total. The Morgan fingerprint density at radius 1 is 1.14 bits per heavy atom. The molecule has 29 heavy (non-hydrogen) atoms. The van der Waals surface area contributed by atoms with Crippen molar-refractivity contribution in [3.05, 3.63) is 29.8 Å². The monoisotopic (exact) mass is 424 g/mol. The first-order valence-electron chi connectivity index (χ1n) is 10.6. The highest BCUT2D eigenvalue weighted by Crippen LogP contribution is 2.38. The Kier molecular flexibility index (Phi) is 8.33. The standard InChI is InChI=1S/C23H40O5Si/c1-16(13-27-29(7,8)23(3,4)5)21(24)17(2)22-20(28-22)15-26-14-18-9-11-19(25-6)12-10-18/h9-12,16-17,20-22,24H,13-15H2,1-8H3/t16-,17-,20-,21+,22-/m1/s1. The molecule has 0 bridgehead atoms. The van der Waals surface area contributed by atoms with E-state index in [1.54, 1.807) is 7.11 Å². The van der Waals surface area contributed by atoms with Crippen LogP contribution in [0.4, 0.5) is 0 Å². The molecular weight excluding hydrogens is 384 g/mol. The number of aliphatic hydroxyl groups excluding tert-OH is 1. The first-order chi connectivity index (χ1) is 13.5. The molecule has 0 aromatic heterocycles. The molecule has 1 fully saturated rings. The van der Waals surface area contributed by atoms with E-state index in [9.17, 15) is 5.11 Å². The van der Waals surface area contributed by atoms with Crippen molar-refractivity contribution < 1.29 is 23.7 Å². The predicted octanol–water partition coefficient (Wildman–Crippen LogP) is 4.63. The van der Waals surface area contributed by atoms with E-state index in [4.69, 9.17) is 18.6 Å². The van der Waals surface area contributed by atoms with E-state index >= 15 is 0 Å². The molecule has 1 N–H and O–H groups in total. The Bertz CT molecular complexity index is 625. The van der Waals surface area contributed by atoms with Crippen molar-refractivity contribution in [3.8, 4) is 5.75 Å². The van der Waals surface area contributed by atoms with Gasteiger partial charge < -0.3 is 23.7 Å². The molecule has 0 aliphatic carbocycles. The SMILES string of the molecule is COc1ccc(COC[C@H]2O[C@@H]2[C@H](C)[C@@H](O)[C@H](C)CO[Si](C)(C)C(C)(C)C)cc1. The second-order valence-electron chi connectivity index (χ2n) is 9.90. The molecule has 6 heteroatoms. The Morgan fingerprint density at radius 3 is 2.31 bits per heavy atom. The smallest absolute Gasteiger partial charge is 0.191 e. The number of rotatable bonds is 11. The zero-order chi connectivity index (χ0) is 21.8. The fraction of sp³-hybridized carbons (Fsp3) is 0.739. The van der Waals surface area contributed by atoms with Gasteiger partial charge in [0.2, 0.25) is 0 Å². The lowest BCUT2D eigenvalue weighted by Crippen LogP contribution is -2.43. The van der Waals surface area contributed by atoms with Gasteiger partial charge in [-0.1, -0.05) is 46.8 Å². The Morgan fingerprint density at radius 2 is 1.76 bits per heavy atom. The molecule has 0 radical (unpaired) electrons. The predicted molar refractivity (Wildman–Crippen MR) is 119 cm³/mol. The van der Waals surface area contributed by atoms with E-state index in [1.807, 2.05) is 24.3 Å². The third-order valence-electron chi connectivity index (χ3n) is 6.48. The molecule has 1 aliphatic heterocycles. The van der Waals surface area contributed by atoms with Gasteiger partial charge in [0, 0.05) is 18.4 Å². The highest BCUT2D eigenvalue weighted by Gasteiger charge is 2.46. The zero-order valence-corrected chi connectivity index (χ0v) is 20.4. The highest BCUT2D eigenvalue weighted by molar-refractivity contribution is 6.74. The van der Waals surface area contributed by atoms with Gasteiger partial charge >= 0.3 is 0 Å². The zero-order valence-electron chi connectivity index (χ0n) is 19.4. The second-order valence-corrected chi connectivity index (χ2v) is 14.7. The van der Waals surface area contributed by atoms with Crippen LogP contribution in [-0.4, -0.2) is 52.1 Å². The van der Waals surface area contributed by atoms with Crippen LogP contribution < -0.4 is 4.74 Å². The molecule has 5 atom stereocenters. The molecule has 2 rings (SSSR count). The lowest BCUT2D eigenvalue weighted by molar-refractivity contribution is 0.0293. The van der Waals surface area contributed by atoms with Gasteiger partial charge in [-0.25, -0.2) is 0 Å². The van der Waals surface area contributed by atoms with Crippen LogP contribution in [0.2, 0.25) is 18.1 Å². The first kappa shape index (κ1) is 24.3. The van der Waals surface area contributed by atoms with E-state index < -0.39 is 14.4 Å². The van der Waals surface area contributed by atoms with Gasteiger partial charge in [-0.3, -0.25) is 0 Å². The Labute approximate surface area is 177 Å². The fourth-order valence-electron chi connectivity index (χ4n) is 3.14. The van der Waals surface area contributed by atoms with Crippen molar-refractivity contribution >= 4 is 8.32 Å². The fourth-order valence-corrected chi connectivity index (χ4v) is 4.25. The van der Waals surface area contributed by atoms with Gasteiger partial charge in [-0.05, 0) is 35.8 Å². The maximum absolute atomic E-state index is 10.8. The van der Waals surface area contributed by atoms with E-state index in [0.717, 1.165) is 11.3 Å². The molecule has 0 spiro atoms. The van der Waals surface area contributed by atoms with Gasteiger partial charge in [-0.15, -0.1) is 0 Å². The van der Waals surface area contributed by atoms with Crippen LogP contribution in [0.3, 0.4) is 0 Å². The van der Waals surface area contributed by atoms with Crippen LogP contribution in [0, 0.1) is 11.8 Å². The summed E-state index contributed by atoms with van der Waals surface area (Å²) in [6.07, 6.45) is -0.334. The van der Waals surface area contributed by atoms with Crippen molar-refractivity contribution in [3.63, 3.8) is 0 Å². The van der Waals surface area contributed by atoms with Gasteiger partial charge in [0.05, 0.1) is 32.5 Å². The number of hydrogen-bond acceptors (Lipinski definition) is 5. The van der Waals surface area contributed by atoms with Crippen LogP contribution in [0.25, 0.3) is 0 Å². The van der Waals surface area contributed by atoms with Crippen LogP contribution in [-0.2, 0) is 20.5 Å². The number of hydrogen-bond donors (Lipinski definition) is 1. The minimum absolute atomic E-state index is 0.0520. The molecule has 1 saturated heterocycles. The van der Waals surface area contributed by atoms with Crippen molar-refractivity contribution in [1.82, 2.24) is 0 Å². The summed E-state index contributed by atoms with van der Waals surface area (Å²) in [5.74, 6) is 0.973. The Balaban J connectivity index is 1.71. The molecule has 1 aromatic rings. The summed E-state index contributed by atoms with van der Waals surface area (Å²) < 4.78 is 23.0. The lowest BCUT2D eigenvalue weighted by atomic mass is 9.90. The van der Waals surface area contributed by atoms with E-state index in [1.165, 1.54) is 0 Å². The normalized spacial score (nSPS) is 22.8. The molecule has 0 amide bonds. The molecule has 166 valence electrons. The van der Waals surface area contributed by atoms with Gasteiger partial charge in [0.15, 0.2) is 8.32 Å². The van der Waals surface area contributed by atoms with Crippen molar-refractivity contribution in [2.45, 2.75) is 77.7 Å². The quantitative estimate of drug-likeness (QED) is 0.414. The Hall–Kier alpha value is -0.923. The van der Waals surface area contributed by atoms with E-state index in [-0.39, 0.29) is 29.1 Å². The number of epoxide rings is 1. The third-order valence-corrected chi connectivity index (χ3v) is 11.0. The summed E-state index contributed by atoms with van der Waals surface area (Å²) >= 11 is 0. The van der Waals surface area contributed by atoms with Crippen LogP contribution in [0.5, 0.6) is 5.75 Å². The van der Waals surface area contributed by atoms with Crippen molar-refractivity contribution in [1.29, 1.82) is 0 Å². The molecule has 0 saturated carbocycles. The molecular formula is C23H40O5Si. The van der Waals surface area contributed by atoms with Gasteiger partial charge in [0.1, 0.15) is 11.9 Å². The third kappa shape index (κ3) is 6.79.